The van der Waals surface area contributed by atoms with Gasteiger partial charge in [-0.1, -0.05) is 19.1 Å². The van der Waals surface area contributed by atoms with Crippen LogP contribution in [0.1, 0.15) is 48.8 Å². The molecule has 0 spiro atoms. The maximum absolute atomic E-state index is 13.8. The molecule has 15 nitrogen and oxygen atoms in total. The van der Waals surface area contributed by atoms with Gasteiger partial charge in [0.05, 0.1) is 23.1 Å². The van der Waals surface area contributed by atoms with Gasteiger partial charge in [0.2, 0.25) is 17.6 Å². The van der Waals surface area contributed by atoms with Crippen LogP contribution in [0.3, 0.4) is 0 Å². The highest BCUT2D eigenvalue weighted by Gasteiger charge is 2.64. The number of nitrogens with one attached hydrogen (secondary N) is 3. The number of anilines is 1. The number of amides is 3. The quantitative estimate of drug-likeness (QED) is 0.178. The molecule has 5 atom stereocenters. The van der Waals surface area contributed by atoms with Crippen LogP contribution in [0.2, 0.25) is 0 Å². The SMILES string of the molecule is C[C@H]1c2ccc(NC(=O)CCC(=O)NCCc3ccc(O)c(O)c3)c(O)c2C(O)=C2C(=O)[C@]3(O)C(=N)C(C(N)=O)=C(O)CC3[C@@H](O)C21. The third-order valence-electron chi connectivity index (χ3n) is 9.18. The number of Topliss-reactive ketones (excluding diaryl/α,β-unsaturated/α-hetero) is 1. The first-order valence-corrected chi connectivity index (χ1v) is 14.7. The number of nitrogens with two attached hydrogens (primary N) is 1. The summed E-state index contributed by atoms with van der Waals surface area (Å²) in [5.74, 6) is -9.53. The van der Waals surface area contributed by atoms with E-state index in [0.29, 0.717) is 17.5 Å². The number of ketones is 1. The number of primary amides is 1. The number of carbonyl (C=O) groups excluding carboxylic acids is 4. The van der Waals surface area contributed by atoms with Gasteiger partial charge in [0.15, 0.2) is 17.1 Å². The van der Waals surface area contributed by atoms with Crippen LogP contribution in [0, 0.1) is 17.2 Å². The van der Waals surface area contributed by atoms with Gasteiger partial charge in [-0.25, -0.2) is 0 Å². The zero-order chi connectivity index (χ0) is 34.5. The first-order chi connectivity index (χ1) is 22.1. The normalized spacial score (nSPS) is 25.1. The Morgan fingerprint density at radius 1 is 1.02 bits per heavy atom. The molecule has 3 aliphatic carbocycles. The van der Waals surface area contributed by atoms with E-state index in [1.807, 2.05) is 0 Å². The molecule has 2 aromatic carbocycles. The van der Waals surface area contributed by atoms with Crippen molar-refractivity contribution < 1.29 is 54.9 Å². The number of hydrogen-bond donors (Lipinski definition) is 11. The third-order valence-corrected chi connectivity index (χ3v) is 9.18. The molecule has 3 aliphatic rings. The standard InChI is InChI=1S/C32H34N4O11/c1-12-14-3-4-16(36-21(41)7-6-20(40)35-9-8-13-2-5-17(37)18(38)10-13)27(43)23(14)28(44)25-22(12)26(42)15-11-19(39)24(31(34)46)29(33)32(15,47)30(25)45/h2-5,10,12,15,22,26,33,37-39,42-44,47H,6-9,11H2,1H3,(H2,34,46)(H,35,40)(H,36,41)/t12-,15?,22?,26+,32+/m0/s1. The summed E-state index contributed by atoms with van der Waals surface area (Å²) < 4.78 is 0. The minimum atomic E-state index is -2.82. The largest absolute Gasteiger partial charge is 0.511 e. The van der Waals surface area contributed by atoms with Crippen molar-refractivity contribution in [3.63, 3.8) is 0 Å². The number of allylic oxidation sites excluding steroid dienone is 1. The Hall–Kier alpha value is -5.41. The van der Waals surface area contributed by atoms with E-state index in [2.05, 4.69) is 10.6 Å². The number of aromatic hydroxyl groups is 3. The van der Waals surface area contributed by atoms with Crippen molar-refractivity contribution in [1.82, 2.24) is 5.32 Å². The number of phenolic OH excluding ortho intramolecular Hbond substituents is 3. The summed E-state index contributed by atoms with van der Waals surface area (Å²) in [7, 11) is 0. The van der Waals surface area contributed by atoms with Crippen LogP contribution in [-0.4, -0.2) is 83.2 Å². The number of aliphatic hydroxyl groups is 4. The fourth-order valence-electron chi connectivity index (χ4n) is 6.75. The van der Waals surface area contributed by atoms with Crippen LogP contribution >= 0.6 is 0 Å². The molecule has 47 heavy (non-hydrogen) atoms. The molecule has 0 radical (unpaired) electrons. The second kappa shape index (κ2) is 12.1. The highest BCUT2D eigenvalue weighted by Crippen LogP contribution is 2.55. The smallest absolute Gasteiger partial charge is 0.254 e. The van der Waals surface area contributed by atoms with E-state index >= 15 is 0 Å². The Morgan fingerprint density at radius 2 is 1.70 bits per heavy atom. The first-order valence-electron chi connectivity index (χ1n) is 14.7. The van der Waals surface area contributed by atoms with E-state index in [1.54, 1.807) is 13.0 Å². The summed E-state index contributed by atoms with van der Waals surface area (Å²) in [6.07, 6.45) is -2.25. The lowest BCUT2D eigenvalue weighted by molar-refractivity contribution is -0.146. The molecule has 3 amide bonds. The van der Waals surface area contributed by atoms with Gasteiger partial charge in [-0.15, -0.1) is 0 Å². The van der Waals surface area contributed by atoms with Gasteiger partial charge in [0, 0.05) is 43.2 Å². The zero-order valence-electron chi connectivity index (χ0n) is 25.1. The van der Waals surface area contributed by atoms with Crippen LogP contribution in [0.25, 0.3) is 5.76 Å². The van der Waals surface area contributed by atoms with Crippen molar-refractivity contribution in [3.8, 4) is 17.2 Å². The number of phenols is 3. The van der Waals surface area contributed by atoms with E-state index in [-0.39, 0.29) is 42.1 Å². The van der Waals surface area contributed by atoms with Gasteiger partial charge < -0.3 is 57.5 Å². The van der Waals surface area contributed by atoms with Gasteiger partial charge in [-0.3, -0.25) is 19.2 Å². The average molecular weight is 651 g/mol. The molecule has 1 saturated carbocycles. The van der Waals surface area contributed by atoms with Crippen molar-refractivity contribution in [2.24, 2.45) is 17.6 Å². The maximum atomic E-state index is 13.8. The van der Waals surface area contributed by atoms with Gasteiger partial charge in [0.25, 0.3) is 5.91 Å². The van der Waals surface area contributed by atoms with Gasteiger partial charge in [-0.05, 0) is 41.7 Å². The minimum Gasteiger partial charge on any atom is -0.511 e. The lowest BCUT2D eigenvalue weighted by atomic mass is 9.55. The van der Waals surface area contributed by atoms with E-state index < -0.39 is 93.5 Å². The molecule has 2 aromatic rings. The third kappa shape index (κ3) is 5.42. The Bertz CT molecular complexity index is 1800. The fraction of sp³-hybridized carbons (Fsp3) is 0.344. The highest BCUT2D eigenvalue weighted by atomic mass is 16.3. The summed E-state index contributed by atoms with van der Waals surface area (Å²) in [5.41, 5.74) is 0.723. The molecular formula is C32H34N4O11. The summed E-state index contributed by atoms with van der Waals surface area (Å²) in [5, 5.41) is 88.2. The van der Waals surface area contributed by atoms with Crippen molar-refractivity contribution in [2.75, 3.05) is 11.9 Å². The predicted molar refractivity (Wildman–Crippen MR) is 165 cm³/mol. The number of fused-ring (bicyclic) bond motifs is 3. The lowest BCUT2D eigenvalue weighted by Crippen LogP contribution is -2.66. The Kier molecular flexibility index (Phi) is 8.47. The maximum Gasteiger partial charge on any atom is 0.254 e. The monoisotopic (exact) mass is 650 g/mol. The predicted octanol–water partition coefficient (Wildman–Crippen LogP) is 0.895. The summed E-state index contributed by atoms with van der Waals surface area (Å²) in [6.45, 7) is 1.81. The molecule has 0 aromatic heterocycles. The van der Waals surface area contributed by atoms with Crippen LogP contribution < -0.4 is 16.4 Å². The molecule has 0 saturated heterocycles. The van der Waals surface area contributed by atoms with Gasteiger partial charge in [-0.2, -0.15) is 0 Å². The molecule has 5 rings (SSSR count). The molecule has 12 N–H and O–H groups in total. The lowest BCUT2D eigenvalue weighted by Gasteiger charge is -2.51. The second-order valence-electron chi connectivity index (χ2n) is 11.9. The van der Waals surface area contributed by atoms with Crippen molar-refractivity contribution in [3.05, 3.63) is 63.9 Å². The van der Waals surface area contributed by atoms with Crippen LogP contribution in [-0.2, 0) is 25.6 Å². The minimum absolute atomic E-state index is 0.159. The van der Waals surface area contributed by atoms with Crippen LogP contribution in [0.5, 0.6) is 17.2 Å². The molecule has 0 aliphatic heterocycles. The molecule has 1 fully saturated rings. The fourth-order valence-corrected chi connectivity index (χ4v) is 6.75. The number of rotatable bonds is 8. The topological polar surface area (TPSA) is 284 Å². The number of carbonyl (C=O) groups is 4. The molecule has 248 valence electrons. The molecular weight excluding hydrogens is 616 g/mol. The van der Waals surface area contributed by atoms with Gasteiger partial charge in [0.1, 0.15) is 22.8 Å². The molecule has 2 unspecified atom stereocenters. The zero-order valence-corrected chi connectivity index (χ0v) is 25.1. The number of hydrogen-bond acceptors (Lipinski definition) is 12. The van der Waals surface area contributed by atoms with Crippen molar-refractivity contribution in [2.45, 2.75) is 50.2 Å². The second-order valence-corrected chi connectivity index (χ2v) is 11.9. The average Bonchev–Trinajstić information content (AvgIpc) is 3.00. The summed E-state index contributed by atoms with van der Waals surface area (Å²) >= 11 is 0. The Balaban J connectivity index is 1.33. The first kappa shape index (κ1) is 33.0. The number of benzene rings is 2. The summed E-state index contributed by atoms with van der Waals surface area (Å²) in [4.78, 5) is 50.7. The van der Waals surface area contributed by atoms with Crippen LogP contribution in [0.15, 0.2) is 47.2 Å². The number of aliphatic hydroxyl groups excluding tert-OH is 3. The van der Waals surface area contributed by atoms with E-state index in [9.17, 15) is 54.9 Å². The van der Waals surface area contributed by atoms with Crippen LogP contribution in [0.4, 0.5) is 5.69 Å². The Labute approximate surface area is 267 Å². The van der Waals surface area contributed by atoms with Crippen molar-refractivity contribution in [1.29, 1.82) is 5.41 Å². The van der Waals surface area contributed by atoms with E-state index in [0.717, 1.165) is 0 Å². The molecule has 0 heterocycles. The summed E-state index contributed by atoms with van der Waals surface area (Å²) in [6, 6.07) is 7.10. The molecule has 15 heteroatoms. The van der Waals surface area contributed by atoms with Crippen molar-refractivity contribution >= 4 is 40.7 Å². The van der Waals surface area contributed by atoms with E-state index in [4.69, 9.17) is 11.1 Å². The molecule has 0 bridgehead atoms. The van der Waals surface area contributed by atoms with E-state index in [1.165, 1.54) is 24.3 Å². The Morgan fingerprint density at radius 3 is 2.36 bits per heavy atom. The highest BCUT2D eigenvalue weighted by molar-refractivity contribution is 6.33. The van der Waals surface area contributed by atoms with Gasteiger partial charge >= 0.3 is 0 Å².